The molecule has 134 valence electrons. The highest BCUT2D eigenvalue weighted by Gasteiger charge is 2.40. The lowest BCUT2D eigenvalue weighted by molar-refractivity contribution is 0.320. The number of unbranched alkanes of at least 4 members (excludes halogenated alkanes) is 9. The minimum absolute atomic E-state index is 0.175. The van der Waals surface area contributed by atoms with Crippen LogP contribution < -0.4 is 5.32 Å². The van der Waals surface area contributed by atoms with Gasteiger partial charge in [-0.1, -0.05) is 78.6 Å². The van der Waals surface area contributed by atoms with E-state index in [1.165, 1.54) is 51.4 Å². The van der Waals surface area contributed by atoms with Crippen molar-refractivity contribution in [3.8, 4) is 0 Å². The molecule has 0 radical (unpaired) electrons. The van der Waals surface area contributed by atoms with Crippen molar-refractivity contribution in [3.63, 3.8) is 0 Å². The molecule has 0 aliphatic carbocycles. The Morgan fingerprint density at radius 3 is 1.68 bits per heavy atom. The second kappa shape index (κ2) is 11.4. The van der Waals surface area contributed by atoms with Gasteiger partial charge in [-0.3, -0.25) is 9.87 Å². The highest BCUT2D eigenvalue weighted by atomic mass is 32.2. The van der Waals surface area contributed by atoms with Gasteiger partial charge in [0, 0.05) is 0 Å². The van der Waals surface area contributed by atoms with Gasteiger partial charge < -0.3 is 0 Å². The van der Waals surface area contributed by atoms with Crippen molar-refractivity contribution < 1.29 is 13.0 Å². The van der Waals surface area contributed by atoms with Crippen LogP contribution in [0.1, 0.15) is 91.9 Å². The Hall–Kier alpha value is -0.130. The van der Waals surface area contributed by atoms with Crippen LogP contribution in [0.25, 0.3) is 0 Å². The van der Waals surface area contributed by atoms with Crippen LogP contribution in [0.3, 0.4) is 0 Å². The highest BCUT2D eigenvalue weighted by Crippen LogP contribution is 2.22. The summed E-state index contributed by atoms with van der Waals surface area (Å²) in [6, 6.07) is 0. The maximum atomic E-state index is 11.5. The third-order valence-electron chi connectivity index (χ3n) is 4.64. The third kappa shape index (κ3) is 8.49. The SMILES string of the molecule is CCCCCCCCCCCCNC(C)(C(C)C)S(=O)(=O)O. The molecule has 22 heavy (non-hydrogen) atoms. The first kappa shape index (κ1) is 21.9. The molecule has 0 rings (SSSR count). The van der Waals surface area contributed by atoms with E-state index < -0.39 is 15.0 Å². The summed E-state index contributed by atoms with van der Waals surface area (Å²) in [7, 11) is -4.09. The molecule has 0 fully saturated rings. The summed E-state index contributed by atoms with van der Waals surface area (Å²) in [6.45, 7) is 8.03. The molecular weight excluding hydrogens is 298 g/mol. The van der Waals surface area contributed by atoms with E-state index in [4.69, 9.17) is 0 Å². The molecule has 0 heterocycles. The number of hydrogen-bond donors (Lipinski definition) is 2. The Bertz CT molecular complexity index is 368. The Labute approximate surface area is 138 Å². The van der Waals surface area contributed by atoms with Crippen molar-refractivity contribution in [1.29, 1.82) is 0 Å². The predicted octanol–water partition coefficient (Wildman–Crippen LogP) is 4.76. The summed E-state index contributed by atoms with van der Waals surface area (Å²) in [5, 5.41) is 3.02. The normalized spacial score (nSPS) is 15.2. The molecule has 0 bridgehead atoms. The largest absolute Gasteiger partial charge is 0.297 e. The van der Waals surface area contributed by atoms with Gasteiger partial charge in [0.25, 0.3) is 10.1 Å². The van der Waals surface area contributed by atoms with Crippen LogP contribution in [0, 0.1) is 5.92 Å². The molecule has 5 heteroatoms. The van der Waals surface area contributed by atoms with Gasteiger partial charge in [0.1, 0.15) is 4.87 Å². The zero-order valence-corrected chi connectivity index (χ0v) is 15.8. The van der Waals surface area contributed by atoms with Crippen LogP contribution in [0.2, 0.25) is 0 Å². The first-order valence-electron chi connectivity index (χ1n) is 8.97. The molecule has 0 aromatic carbocycles. The molecule has 0 aromatic rings. The van der Waals surface area contributed by atoms with Crippen LogP contribution in [0.4, 0.5) is 0 Å². The van der Waals surface area contributed by atoms with Crippen LogP contribution in [0.15, 0.2) is 0 Å². The molecule has 0 aliphatic heterocycles. The van der Waals surface area contributed by atoms with Gasteiger partial charge in [0.2, 0.25) is 0 Å². The summed E-state index contributed by atoms with van der Waals surface area (Å²) in [5.74, 6) is -0.175. The molecule has 0 amide bonds. The molecule has 1 unspecified atom stereocenters. The number of hydrogen-bond acceptors (Lipinski definition) is 3. The summed E-state index contributed by atoms with van der Waals surface area (Å²) >= 11 is 0. The summed E-state index contributed by atoms with van der Waals surface area (Å²) in [6.07, 6.45) is 12.6. The third-order valence-corrected chi connectivity index (χ3v) is 6.33. The molecule has 0 aliphatic rings. The molecule has 0 aromatic heterocycles. The Kier molecular flexibility index (Phi) is 11.3. The summed E-state index contributed by atoms with van der Waals surface area (Å²) < 4.78 is 32.4. The fourth-order valence-electron chi connectivity index (χ4n) is 2.54. The van der Waals surface area contributed by atoms with E-state index in [1.807, 2.05) is 0 Å². The fourth-order valence-corrected chi connectivity index (χ4v) is 3.42. The zero-order chi connectivity index (χ0) is 17.1. The fraction of sp³-hybridized carbons (Fsp3) is 1.00. The van der Waals surface area contributed by atoms with Gasteiger partial charge in [-0.05, 0) is 25.8 Å². The Balaban J connectivity index is 3.68. The first-order chi connectivity index (χ1) is 10.3. The van der Waals surface area contributed by atoms with Crippen molar-refractivity contribution in [3.05, 3.63) is 0 Å². The average Bonchev–Trinajstić information content (AvgIpc) is 2.43. The van der Waals surface area contributed by atoms with E-state index in [0.717, 1.165) is 12.8 Å². The predicted molar refractivity (Wildman–Crippen MR) is 94.6 cm³/mol. The van der Waals surface area contributed by atoms with Crippen LogP contribution >= 0.6 is 0 Å². The topological polar surface area (TPSA) is 66.4 Å². The second-order valence-corrected chi connectivity index (χ2v) is 8.64. The molecule has 0 spiro atoms. The summed E-state index contributed by atoms with van der Waals surface area (Å²) in [5.41, 5.74) is 0. The van der Waals surface area contributed by atoms with E-state index in [0.29, 0.717) is 6.54 Å². The smallest absolute Gasteiger partial charge is 0.283 e. The van der Waals surface area contributed by atoms with Crippen LogP contribution in [-0.2, 0) is 10.1 Å². The van der Waals surface area contributed by atoms with Crippen LogP contribution in [-0.4, -0.2) is 24.4 Å². The number of nitrogens with one attached hydrogen (secondary N) is 1. The van der Waals surface area contributed by atoms with E-state index in [1.54, 1.807) is 20.8 Å². The quantitative estimate of drug-likeness (QED) is 0.355. The maximum absolute atomic E-state index is 11.5. The second-order valence-electron chi connectivity index (χ2n) is 6.85. The van der Waals surface area contributed by atoms with E-state index in [2.05, 4.69) is 12.2 Å². The Morgan fingerprint density at radius 2 is 1.32 bits per heavy atom. The van der Waals surface area contributed by atoms with Gasteiger partial charge in [0.05, 0.1) is 0 Å². The van der Waals surface area contributed by atoms with Crippen LogP contribution in [0.5, 0.6) is 0 Å². The van der Waals surface area contributed by atoms with Gasteiger partial charge in [-0.25, -0.2) is 0 Å². The van der Waals surface area contributed by atoms with Gasteiger partial charge in [0.15, 0.2) is 0 Å². The van der Waals surface area contributed by atoms with Gasteiger partial charge in [-0.15, -0.1) is 0 Å². The average molecular weight is 336 g/mol. The summed E-state index contributed by atoms with van der Waals surface area (Å²) in [4.78, 5) is -1.24. The van der Waals surface area contributed by atoms with Crippen molar-refractivity contribution in [2.75, 3.05) is 6.54 Å². The molecular formula is C17H37NO3S. The Morgan fingerprint density at radius 1 is 0.909 bits per heavy atom. The lowest BCUT2D eigenvalue weighted by Gasteiger charge is -2.31. The minimum Gasteiger partial charge on any atom is -0.297 e. The van der Waals surface area contributed by atoms with E-state index >= 15 is 0 Å². The minimum atomic E-state index is -4.09. The van der Waals surface area contributed by atoms with Gasteiger partial charge >= 0.3 is 0 Å². The monoisotopic (exact) mass is 335 g/mol. The van der Waals surface area contributed by atoms with E-state index in [9.17, 15) is 13.0 Å². The standard InChI is InChI=1S/C17H37NO3S/c1-5-6-7-8-9-10-11-12-13-14-15-18-17(4,16(2)3)22(19,20)21/h16,18H,5-15H2,1-4H3,(H,19,20,21). The molecule has 1 atom stereocenters. The molecule has 0 saturated carbocycles. The lowest BCUT2D eigenvalue weighted by Crippen LogP contribution is -2.53. The van der Waals surface area contributed by atoms with Crippen molar-refractivity contribution >= 4 is 10.1 Å². The first-order valence-corrected chi connectivity index (χ1v) is 10.4. The maximum Gasteiger partial charge on any atom is 0.283 e. The van der Waals surface area contributed by atoms with Crippen molar-refractivity contribution in [2.45, 2.75) is 96.8 Å². The lowest BCUT2D eigenvalue weighted by atomic mass is 10.0. The molecule has 4 nitrogen and oxygen atoms in total. The van der Waals surface area contributed by atoms with Crippen molar-refractivity contribution in [2.24, 2.45) is 5.92 Å². The molecule has 2 N–H and O–H groups in total. The van der Waals surface area contributed by atoms with Gasteiger partial charge in [-0.2, -0.15) is 8.42 Å². The highest BCUT2D eigenvalue weighted by molar-refractivity contribution is 7.87. The molecule has 0 saturated heterocycles. The zero-order valence-electron chi connectivity index (χ0n) is 15.0. The number of rotatable bonds is 14. The van der Waals surface area contributed by atoms with E-state index in [-0.39, 0.29) is 5.92 Å². The van der Waals surface area contributed by atoms with Crippen molar-refractivity contribution in [1.82, 2.24) is 5.32 Å².